The van der Waals surface area contributed by atoms with E-state index in [1.807, 2.05) is 0 Å². The minimum Gasteiger partial charge on any atom is -0.368 e. The van der Waals surface area contributed by atoms with E-state index < -0.39 is 17.4 Å². The van der Waals surface area contributed by atoms with Crippen molar-refractivity contribution in [3.63, 3.8) is 0 Å². The zero-order valence-corrected chi connectivity index (χ0v) is 15.1. The number of fused-ring (bicyclic) bond motifs is 1. The highest BCUT2D eigenvalue weighted by molar-refractivity contribution is 5.99. The Labute approximate surface area is 156 Å². The van der Waals surface area contributed by atoms with Crippen molar-refractivity contribution in [3.8, 4) is 5.69 Å². The van der Waals surface area contributed by atoms with Gasteiger partial charge in [-0.05, 0) is 44.2 Å². The van der Waals surface area contributed by atoms with E-state index in [0.29, 0.717) is 18.5 Å². The lowest BCUT2D eigenvalue weighted by Gasteiger charge is -2.34. The van der Waals surface area contributed by atoms with Crippen molar-refractivity contribution in [3.05, 3.63) is 47.0 Å². The molecular weight excluding hydrogens is 347 g/mol. The van der Waals surface area contributed by atoms with Crippen LogP contribution < -0.4 is 11.1 Å². The Hall–Kier alpha value is -2.70. The molecular formula is C20H23FN4O2. The lowest BCUT2D eigenvalue weighted by molar-refractivity contribution is -0.125. The molecule has 1 aromatic heterocycles. The summed E-state index contributed by atoms with van der Waals surface area (Å²) < 4.78 is 15.8. The predicted octanol–water partition coefficient (Wildman–Crippen LogP) is 2.42. The quantitative estimate of drug-likeness (QED) is 0.866. The first-order chi connectivity index (χ1) is 13.0. The highest BCUT2D eigenvalue weighted by atomic mass is 19.1. The number of hydrogen-bond acceptors (Lipinski definition) is 3. The summed E-state index contributed by atoms with van der Waals surface area (Å²) in [5.41, 5.74) is 6.92. The molecule has 0 aliphatic heterocycles. The number of halogens is 1. The normalized spacial score (nSPS) is 18.1. The average Bonchev–Trinajstić information content (AvgIpc) is 3.25. The maximum Gasteiger partial charge on any atom is 0.272 e. The Bertz CT molecular complexity index is 899. The number of nitrogens with zero attached hydrogens (tertiary/aromatic N) is 2. The summed E-state index contributed by atoms with van der Waals surface area (Å²) in [6.07, 6.45) is 6.18. The van der Waals surface area contributed by atoms with Crippen molar-refractivity contribution in [2.45, 2.75) is 56.9 Å². The van der Waals surface area contributed by atoms with Gasteiger partial charge in [-0.25, -0.2) is 9.07 Å². The summed E-state index contributed by atoms with van der Waals surface area (Å²) in [6.45, 7) is 0. The first-order valence-corrected chi connectivity index (χ1v) is 9.50. The zero-order valence-electron chi connectivity index (χ0n) is 15.1. The van der Waals surface area contributed by atoms with Crippen LogP contribution in [-0.4, -0.2) is 27.1 Å². The minimum absolute atomic E-state index is 0.275. The Morgan fingerprint density at radius 3 is 2.56 bits per heavy atom. The van der Waals surface area contributed by atoms with Crippen LogP contribution in [0, 0.1) is 5.82 Å². The third-order valence-electron chi connectivity index (χ3n) is 5.76. The van der Waals surface area contributed by atoms with Crippen LogP contribution in [0.2, 0.25) is 0 Å². The number of rotatable bonds is 4. The van der Waals surface area contributed by atoms with Gasteiger partial charge in [0.05, 0.1) is 0 Å². The van der Waals surface area contributed by atoms with Crippen molar-refractivity contribution in [2.75, 3.05) is 0 Å². The van der Waals surface area contributed by atoms with E-state index in [4.69, 9.17) is 5.73 Å². The molecule has 2 aromatic rings. The molecule has 1 saturated carbocycles. The summed E-state index contributed by atoms with van der Waals surface area (Å²) in [5, 5.41) is 7.31. The fourth-order valence-electron chi connectivity index (χ4n) is 4.31. The van der Waals surface area contributed by atoms with Crippen LogP contribution in [0.25, 0.3) is 5.69 Å². The van der Waals surface area contributed by atoms with E-state index in [1.165, 1.54) is 10.7 Å². The topological polar surface area (TPSA) is 90.0 Å². The number of para-hydroxylation sites is 1. The molecule has 0 radical (unpaired) electrons. The zero-order chi connectivity index (χ0) is 19.0. The first-order valence-electron chi connectivity index (χ1n) is 9.50. The number of carbonyl (C=O) groups excluding carboxylic acids is 2. The van der Waals surface area contributed by atoms with E-state index in [-0.39, 0.29) is 11.5 Å². The molecule has 6 nitrogen and oxygen atoms in total. The van der Waals surface area contributed by atoms with Crippen LogP contribution in [0.15, 0.2) is 24.3 Å². The van der Waals surface area contributed by atoms with Gasteiger partial charge < -0.3 is 11.1 Å². The molecule has 0 atom stereocenters. The number of aromatic nitrogens is 2. The van der Waals surface area contributed by atoms with Gasteiger partial charge in [-0.3, -0.25) is 9.59 Å². The molecule has 27 heavy (non-hydrogen) atoms. The number of hydrogen-bond donors (Lipinski definition) is 2. The summed E-state index contributed by atoms with van der Waals surface area (Å²) >= 11 is 0. The van der Waals surface area contributed by atoms with E-state index >= 15 is 0 Å². The van der Waals surface area contributed by atoms with Crippen molar-refractivity contribution >= 4 is 11.8 Å². The van der Waals surface area contributed by atoms with Crippen LogP contribution in [0.1, 0.15) is 60.3 Å². The van der Waals surface area contributed by atoms with Gasteiger partial charge in [0.1, 0.15) is 17.0 Å². The Morgan fingerprint density at radius 1 is 1.11 bits per heavy atom. The standard InChI is InChI=1S/C20H23FN4O2/c21-14-8-2-3-9-16(14)25-15-10-6-7-13(15)17(24-25)18(26)23-20(19(22)27)11-4-1-5-12-20/h2-3,8-9H,1,4-7,10-12H2,(H2,22,27)(H,23,26). The molecule has 2 amide bonds. The Kier molecular flexibility index (Phi) is 4.45. The molecule has 4 rings (SSSR count). The predicted molar refractivity (Wildman–Crippen MR) is 98.0 cm³/mol. The molecule has 1 fully saturated rings. The number of nitrogens with two attached hydrogens (primary N) is 1. The third-order valence-corrected chi connectivity index (χ3v) is 5.76. The molecule has 3 N–H and O–H groups in total. The maximum absolute atomic E-state index is 14.3. The molecule has 2 aliphatic carbocycles. The maximum atomic E-state index is 14.3. The van der Waals surface area contributed by atoms with Crippen LogP contribution in [-0.2, 0) is 17.6 Å². The second-order valence-electron chi connectivity index (χ2n) is 7.45. The smallest absolute Gasteiger partial charge is 0.272 e. The van der Waals surface area contributed by atoms with E-state index in [9.17, 15) is 14.0 Å². The number of nitrogens with one attached hydrogen (secondary N) is 1. The summed E-state index contributed by atoms with van der Waals surface area (Å²) in [4.78, 5) is 25.1. The Morgan fingerprint density at radius 2 is 1.85 bits per heavy atom. The monoisotopic (exact) mass is 370 g/mol. The van der Waals surface area contributed by atoms with Crippen LogP contribution in [0.4, 0.5) is 4.39 Å². The van der Waals surface area contributed by atoms with Gasteiger partial charge >= 0.3 is 0 Å². The summed E-state index contributed by atoms with van der Waals surface area (Å²) in [5.74, 6) is -1.28. The van der Waals surface area contributed by atoms with Gasteiger partial charge in [0.15, 0.2) is 5.69 Å². The highest BCUT2D eigenvalue weighted by Gasteiger charge is 2.40. The van der Waals surface area contributed by atoms with Crippen LogP contribution in [0.5, 0.6) is 0 Å². The SMILES string of the molecule is NC(=O)C1(NC(=O)c2nn(-c3ccccc3F)c3c2CCC3)CCCCC1. The first kappa shape index (κ1) is 17.7. The van der Waals surface area contributed by atoms with Crippen LogP contribution >= 0.6 is 0 Å². The van der Waals surface area contributed by atoms with E-state index in [0.717, 1.165) is 49.8 Å². The third kappa shape index (κ3) is 3.01. The van der Waals surface area contributed by atoms with Gasteiger partial charge in [0.2, 0.25) is 5.91 Å². The molecule has 7 heteroatoms. The second kappa shape index (κ2) is 6.79. The second-order valence-corrected chi connectivity index (χ2v) is 7.45. The minimum atomic E-state index is -1.01. The number of carbonyl (C=O) groups is 2. The van der Waals surface area contributed by atoms with Gasteiger partial charge in [-0.2, -0.15) is 5.10 Å². The molecule has 1 aromatic carbocycles. The highest BCUT2D eigenvalue weighted by Crippen LogP contribution is 2.31. The van der Waals surface area contributed by atoms with Gasteiger partial charge in [0, 0.05) is 11.3 Å². The fourth-order valence-corrected chi connectivity index (χ4v) is 4.31. The summed E-state index contributed by atoms with van der Waals surface area (Å²) in [7, 11) is 0. The van der Waals surface area contributed by atoms with Gasteiger partial charge in [-0.1, -0.05) is 31.4 Å². The van der Waals surface area contributed by atoms with Crippen molar-refractivity contribution in [2.24, 2.45) is 5.73 Å². The molecule has 0 unspecified atom stereocenters. The van der Waals surface area contributed by atoms with Crippen molar-refractivity contribution < 1.29 is 14.0 Å². The molecule has 2 aliphatic rings. The summed E-state index contributed by atoms with van der Waals surface area (Å²) in [6, 6.07) is 6.39. The van der Waals surface area contributed by atoms with Gasteiger partial charge in [-0.15, -0.1) is 0 Å². The average molecular weight is 370 g/mol. The number of primary amides is 1. The number of amides is 2. The van der Waals surface area contributed by atoms with E-state index in [2.05, 4.69) is 10.4 Å². The lowest BCUT2D eigenvalue weighted by atomic mass is 9.81. The largest absolute Gasteiger partial charge is 0.368 e. The van der Waals surface area contributed by atoms with Crippen molar-refractivity contribution in [1.29, 1.82) is 0 Å². The van der Waals surface area contributed by atoms with Crippen molar-refractivity contribution in [1.82, 2.24) is 15.1 Å². The van der Waals surface area contributed by atoms with E-state index in [1.54, 1.807) is 18.2 Å². The van der Waals surface area contributed by atoms with Gasteiger partial charge in [0.25, 0.3) is 5.91 Å². The molecule has 142 valence electrons. The lowest BCUT2D eigenvalue weighted by Crippen LogP contribution is -2.58. The van der Waals surface area contributed by atoms with Crippen LogP contribution in [0.3, 0.4) is 0 Å². The number of benzene rings is 1. The fraction of sp³-hybridized carbons (Fsp3) is 0.450. The Balaban J connectivity index is 1.70. The molecule has 0 bridgehead atoms. The molecule has 0 spiro atoms. The molecule has 0 saturated heterocycles. The molecule has 1 heterocycles.